The minimum Gasteiger partial charge on any atom is -0.497 e. The van der Waals surface area contributed by atoms with E-state index in [-0.39, 0.29) is 9.32 Å². The van der Waals surface area contributed by atoms with Crippen LogP contribution in [0.1, 0.15) is 5.56 Å². The molecule has 0 aliphatic heterocycles. The highest BCUT2D eigenvalue weighted by Crippen LogP contribution is 2.34. The predicted octanol–water partition coefficient (Wildman–Crippen LogP) is 3.32. The Morgan fingerprint density at radius 2 is 1.92 bits per heavy atom. The average Bonchev–Trinajstić information content (AvgIpc) is 2.03. The maximum Gasteiger partial charge on any atom is 0.417 e. The van der Waals surface area contributed by atoms with E-state index in [1.165, 1.54) is 19.2 Å². The van der Waals surface area contributed by atoms with Crippen molar-refractivity contribution in [1.82, 2.24) is 0 Å². The van der Waals surface area contributed by atoms with Crippen molar-refractivity contribution in [3.05, 3.63) is 27.3 Å². The Hall–Kier alpha value is -0.460. The second kappa shape index (κ2) is 3.73. The van der Waals surface area contributed by atoms with Gasteiger partial charge in [0.25, 0.3) is 0 Å². The quantitative estimate of drug-likeness (QED) is 0.723. The Bertz CT molecular complexity index is 309. The van der Waals surface area contributed by atoms with Gasteiger partial charge in [-0.2, -0.15) is 13.2 Å². The molecule has 0 aliphatic rings. The molecule has 0 saturated heterocycles. The standard InChI is InChI=1S/C8H6F3IO/c1-13-5-2-3-7(12)6(4-5)8(9,10)11/h2-4H,1H3. The summed E-state index contributed by atoms with van der Waals surface area (Å²) >= 11 is 1.64. The van der Waals surface area contributed by atoms with Crippen LogP contribution in [-0.2, 0) is 6.18 Å². The molecule has 1 aromatic carbocycles. The van der Waals surface area contributed by atoms with Crippen molar-refractivity contribution in [3.8, 4) is 5.75 Å². The molecule has 0 fully saturated rings. The number of rotatable bonds is 1. The molecule has 0 heterocycles. The number of hydrogen-bond acceptors (Lipinski definition) is 1. The van der Waals surface area contributed by atoms with Crippen LogP contribution in [0.25, 0.3) is 0 Å². The molecule has 1 nitrogen and oxygen atoms in total. The SMILES string of the molecule is COc1ccc(I)c(C(F)(F)F)c1. The van der Waals surface area contributed by atoms with Crippen molar-refractivity contribution < 1.29 is 17.9 Å². The average molecular weight is 302 g/mol. The molecule has 0 amide bonds. The molecular formula is C8H6F3IO. The highest BCUT2D eigenvalue weighted by molar-refractivity contribution is 14.1. The summed E-state index contributed by atoms with van der Waals surface area (Å²) in [6, 6.07) is 3.86. The molecule has 0 N–H and O–H groups in total. The first kappa shape index (κ1) is 10.6. The van der Waals surface area contributed by atoms with E-state index >= 15 is 0 Å². The summed E-state index contributed by atoms with van der Waals surface area (Å²) in [6.45, 7) is 0. The molecule has 0 unspecified atom stereocenters. The van der Waals surface area contributed by atoms with Crippen LogP contribution in [0, 0.1) is 3.57 Å². The summed E-state index contributed by atoms with van der Waals surface area (Å²) in [7, 11) is 1.34. The zero-order chi connectivity index (χ0) is 10.1. The smallest absolute Gasteiger partial charge is 0.417 e. The van der Waals surface area contributed by atoms with Crippen LogP contribution in [0.3, 0.4) is 0 Å². The van der Waals surface area contributed by atoms with Gasteiger partial charge in [0, 0.05) is 3.57 Å². The van der Waals surface area contributed by atoms with Gasteiger partial charge in [-0.05, 0) is 40.8 Å². The molecule has 1 rings (SSSR count). The topological polar surface area (TPSA) is 9.23 Å². The maximum atomic E-state index is 12.3. The molecule has 0 atom stereocenters. The molecule has 0 spiro atoms. The van der Waals surface area contributed by atoms with E-state index in [4.69, 9.17) is 4.74 Å². The van der Waals surface area contributed by atoms with Crippen molar-refractivity contribution in [3.63, 3.8) is 0 Å². The van der Waals surface area contributed by atoms with Crippen LogP contribution in [0.15, 0.2) is 18.2 Å². The number of hydrogen-bond donors (Lipinski definition) is 0. The van der Waals surface area contributed by atoms with Gasteiger partial charge in [0.15, 0.2) is 0 Å². The van der Waals surface area contributed by atoms with Crippen LogP contribution in [-0.4, -0.2) is 7.11 Å². The van der Waals surface area contributed by atoms with E-state index < -0.39 is 11.7 Å². The third-order valence-electron chi connectivity index (χ3n) is 1.48. The molecule has 5 heteroatoms. The lowest BCUT2D eigenvalue weighted by Crippen LogP contribution is -2.07. The van der Waals surface area contributed by atoms with Crippen molar-refractivity contribution in [2.75, 3.05) is 7.11 Å². The third-order valence-corrected chi connectivity index (χ3v) is 2.42. The van der Waals surface area contributed by atoms with Crippen LogP contribution in [0.4, 0.5) is 13.2 Å². The van der Waals surface area contributed by atoms with Crippen LogP contribution < -0.4 is 4.74 Å². The Morgan fingerprint density at radius 1 is 1.31 bits per heavy atom. The normalized spacial score (nSPS) is 11.5. The van der Waals surface area contributed by atoms with Gasteiger partial charge < -0.3 is 4.74 Å². The molecular weight excluding hydrogens is 296 g/mol. The first-order chi connectivity index (χ1) is 5.95. The van der Waals surface area contributed by atoms with E-state index in [0.717, 1.165) is 6.07 Å². The summed E-state index contributed by atoms with van der Waals surface area (Å²) in [6.07, 6.45) is -4.31. The summed E-state index contributed by atoms with van der Waals surface area (Å²) in [5, 5.41) is 0. The fourth-order valence-corrected chi connectivity index (χ4v) is 1.49. The first-order valence-corrected chi connectivity index (χ1v) is 4.44. The molecule has 0 bridgehead atoms. The lowest BCUT2D eigenvalue weighted by atomic mass is 10.2. The van der Waals surface area contributed by atoms with Gasteiger partial charge in [-0.1, -0.05) is 0 Å². The lowest BCUT2D eigenvalue weighted by molar-refractivity contribution is -0.138. The zero-order valence-corrected chi connectivity index (χ0v) is 8.81. The van der Waals surface area contributed by atoms with Crippen LogP contribution >= 0.6 is 22.6 Å². The number of ether oxygens (including phenoxy) is 1. The van der Waals surface area contributed by atoms with Crippen molar-refractivity contribution in [2.45, 2.75) is 6.18 Å². The predicted molar refractivity (Wildman–Crippen MR) is 50.7 cm³/mol. The van der Waals surface area contributed by atoms with Gasteiger partial charge >= 0.3 is 6.18 Å². The van der Waals surface area contributed by atoms with E-state index in [2.05, 4.69) is 0 Å². The molecule has 13 heavy (non-hydrogen) atoms. The highest BCUT2D eigenvalue weighted by Gasteiger charge is 2.33. The largest absolute Gasteiger partial charge is 0.497 e. The molecule has 0 aliphatic carbocycles. The summed E-state index contributed by atoms with van der Waals surface area (Å²) < 4.78 is 41.8. The van der Waals surface area contributed by atoms with E-state index in [0.29, 0.717) is 0 Å². The number of benzene rings is 1. The van der Waals surface area contributed by atoms with Gasteiger partial charge in [0.1, 0.15) is 5.75 Å². The molecule has 0 radical (unpaired) electrons. The van der Waals surface area contributed by atoms with E-state index in [9.17, 15) is 13.2 Å². The van der Waals surface area contributed by atoms with Crippen LogP contribution in [0.5, 0.6) is 5.75 Å². The minimum atomic E-state index is -4.31. The zero-order valence-electron chi connectivity index (χ0n) is 6.65. The monoisotopic (exact) mass is 302 g/mol. The van der Waals surface area contributed by atoms with Crippen LogP contribution in [0.2, 0.25) is 0 Å². The third kappa shape index (κ3) is 2.49. The van der Waals surface area contributed by atoms with E-state index in [1.807, 2.05) is 0 Å². The fourth-order valence-electron chi connectivity index (χ4n) is 0.849. The van der Waals surface area contributed by atoms with E-state index in [1.54, 1.807) is 22.6 Å². The number of alkyl halides is 3. The second-order valence-corrected chi connectivity index (χ2v) is 3.51. The van der Waals surface area contributed by atoms with Gasteiger partial charge in [-0.25, -0.2) is 0 Å². The molecule has 72 valence electrons. The lowest BCUT2D eigenvalue weighted by Gasteiger charge is -2.10. The Kier molecular flexibility index (Phi) is 3.05. The minimum absolute atomic E-state index is 0.172. The van der Waals surface area contributed by atoms with Gasteiger partial charge in [0.05, 0.1) is 12.7 Å². The Balaban J connectivity index is 3.19. The molecule has 1 aromatic rings. The number of methoxy groups -OCH3 is 1. The van der Waals surface area contributed by atoms with Gasteiger partial charge in [-0.15, -0.1) is 0 Å². The Labute approximate surface area is 87.0 Å². The number of halogens is 4. The van der Waals surface area contributed by atoms with Crippen molar-refractivity contribution >= 4 is 22.6 Å². The van der Waals surface area contributed by atoms with Crippen molar-refractivity contribution in [2.24, 2.45) is 0 Å². The maximum absolute atomic E-state index is 12.3. The second-order valence-electron chi connectivity index (χ2n) is 2.34. The molecule has 0 aromatic heterocycles. The Morgan fingerprint density at radius 3 is 2.38 bits per heavy atom. The summed E-state index contributed by atoms with van der Waals surface area (Å²) in [4.78, 5) is 0. The van der Waals surface area contributed by atoms with Gasteiger partial charge in [0.2, 0.25) is 0 Å². The highest BCUT2D eigenvalue weighted by atomic mass is 127. The molecule has 0 saturated carbocycles. The van der Waals surface area contributed by atoms with Crippen molar-refractivity contribution in [1.29, 1.82) is 0 Å². The first-order valence-electron chi connectivity index (χ1n) is 3.36. The fraction of sp³-hybridized carbons (Fsp3) is 0.250. The summed E-state index contributed by atoms with van der Waals surface area (Å²) in [5.74, 6) is 0.216. The van der Waals surface area contributed by atoms with Gasteiger partial charge in [-0.3, -0.25) is 0 Å². The summed E-state index contributed by atoms with van der Waals surface area (Å²) in [5.41, 5.74) is -0.660.